The highest BCUT2D eigenvalue weighted by Crippen LogP contribution is 2.34. The number of carbonyl (C=O) groups is 1. The third-order valence-corrected chi connectivity index (χ3v) is 6.39. The van der Waals surface area contributed by atoms with Gasteiger partial charge in [0.25, 0.3) is 5.91 Å². The Morgan fingerprint density at radius 2 is 2.05 bits per heavy atom. The van der Waals surface area contributed by atoms with Gasteiger partial charge in [-0.25, -0.2) is 19.0 Å². The van der Waals surface area contributed by atoms with Crippen molar-refractivity contribution < 1.29 is 13.9 Å². The Labute approximate surface area is 212 Å². The van der Waals surface area contributed by atoms with Gasteiger partial charge in [-0.15, -0.1) is 0 Å². The average molecular weight is 498 g/mol. The number of para-hydroxylation sites is 1. The number of nitrogen functional groups attached to an aromatic ring is 1. The number of nitrogens with zero attached hydrogens (tertiary/aromatic N) is 6. The lowest BCUT2D eigenvalue weighted by atomic mass is 10.1. The Morgan fingerprint density at radius 1 is 1.24 bits per heavy atom. The van der Waals surface area contributed by atoms with Gasteiger partial charge in [-0.3, -0.25) is 4.79 Å². The van der Waals surface area contributed by atoms with E-state index in [0.29, 0.717) is 41.3 Å². The summed E-state index contributed by atoms with van der Waals surface area (Å²) in [5.74, 6) is 0.272. The van der Waals surface area contributed by atoms with Crippen LogP contribution in [0.2, 0.25) is 0 Å². The highest BCUT2D eigenvalue weighted by atomic mass is 19.1. The second-order valence-electron chi connectivity index (χ2n) is 8.65. The van der Waals surface area contributed by atoms with Crippen molar-refractivity contribution in [1.29, 1.82) is 5.26 Å². The molecule has 186 valence electrons. The summed E-state index contributed by atoms with van der Waals surface area (Å²) in [6.45, 7) is 2.53. The van der Waals surface area contributed by atoms with Crippen molar-refractivity contribution in [2.24, 2.45) is 0 Å². The van der Waals surface area contributed by atoms with Crippen molar-refractivity contribution >= 4 is 22.8 Å². The number of ether oxygens (including phenoxy) is 1. The lowest BCUT2D eigenvalue weighted by Crippen LogP contribution is -2.39. The molecule has 1 fully saturated rings. The number of aromatic nitrogens is 4. The van der Waals surface area contributed by atoms with E-state index in [9.17, 15) is 10.1 Å². The van der Waals surface area contributed by atoms with E-state index < -0.39 is 5.82 Å². The lowest BCUT2D eigenvalue weighted by Gasteiger charge is -2.24. The number of rotatable bonds is 6. The highest BCUT2D eigenvalue weighted by molar-refractivity contribution is 5.99. The van der Waals surface area contributed by atoms with Crippen LogP contribution in [0.15, 0.2) is 66.5 Å². The molecule has 37 heavy (non-hydrogen) atoms. The maximum atomic E-state index is 15.3. The fourth-order valence-electron chi connectivity index (χ4n) is 4.61. The number of nitrogens with two attached hydrogens (primary N) is 1. The number of benzene rings is 2. The molecule has 9 nitrogen and oxygen atoms in total. The first kappa shape index (κ1) is 23.9. The molecule has 0 spiro atoms. The molecule has 1 aliphatic heterocycles. The van der Waals surface area contributed by atoms with Crippen LogP contribution in [0.25, 0.3) is 22.3 Å². The standard InChI is InChI=1S/C27H24FN7O2/c1-2-17(14-29)27(36)34-12-6-7-18(34)15-35-26-23(25(30)31-16-32-26)24(33-35)21-11-10-20(13-22(21)28)37-19-8-4-3-5-9-19/h2-5,8-11,13,16,18H,6-7,12,15H2,1H3,(H2,30,31,32)/t18-/m1/s1. The van der Waals surface area contributed by atoms with Crippen LogP contribution in [0.5, 0.6) is 11.5 Å². The fourth-order valence-corrected chi connectivity index (χ4v) is 4.61. The molecular weight excluding hydrogens is 473 g/mol. The van der Waals surface area contributed by atoms with E-state index in [2.05, 4.69) is 15.1 Å². The van der Waals surface area contributed by atoms with Crippen LogP contribution in [0, 0.1) is 17.1 Å². The minimum Gasteiger partial charge on any atom is -0.457 e. The van der Waals surface area contributed by atoms with Gasteiger partial charge in [-0.05, 0) is 44.0 Å². The molecule has 0 unspecified atom stereocenters. The number of allylic oxidation sites excluding steroid dienone is 1. The molecule has 4 aromatic rings. The van der Waals surface area contributed by atoms with E-state index in [1.54, 1.807) is 40.8 Å². The first-order chi connectivity index (χ1) is 18.0. The summed E-state index contributed by atoms with van der Waals surface area (Å²) in [6, 6.07) is 15.4. The summed E-state index contributed by atoms with van der Waals surface area (Å²) in [6.07, 6.45) is 4.39. The van der Waals surface area contributed by atoms with Crippen LogP contribution in [0.1, 0.15) is 19.8 Å². The minimum absolute atomic E-state index is 0.101. The van der Waals surface area contributed by atoms with Crippen molar-refractivity contribution in [2.75, 3.05) is 12.3 Å². The van der Waals surface area contributed by atoms with Crippen molar-refractivity contribution in [2.45, 2.75) is 32.4 Å². The first-order valence-corrected chi connectivity index (χ1v) is 11.9. The monoisotopic (exact) mass is 497 g/mol. The second-order valence-corrected chi connectivity index (χ2v) is 8.65. The molecule has 1 amide bonds. The summed E-state index contributed by atoms with van der Waals surface area (Å²) >= 11 is 0. The Balaban J connectivity index is 1.50. The highest BCUT2D eigenvalue weighted by Gasteiger charge is 2.32. The third kappa shape index (κ3) is 4.59. The summed E-state index contributed by atoms with van der Waals surface area (Å²) in [5, 5.41) is 14.4. The predicted octanol–water partition coefficient (Wildman–Crippen LogP) is 4.47. The molecule has 1 saturated heterocycles. The molecule has 0 bridgehead atoms. The quantitative estimate of drug-likeness (QED) is 0.308. The Morgan fingerprint density at radius 3 is 2.78 bits per heavy atom. The van der Waals surface area contributed by atoms with E-state index in [0.717, 1.165) is 12.8 Å². The maximum absolute atomic E-state index is 15.3. The normalized spacial score (nSPS) is 15.6. The Kier molecular flexibility index (Phi) is 6.51. The van der Waals surface area contributed by atoms with E-state index in [-0.39, 0.29) is 28.9 Å². The van der Waals surface area contributed by atoms with E-state index in [1.807, 2.05) is 24.3 Å². The smallest absolute Gasteiger partial charge is 0.264 e. The summed E-state index contributed by atoms with van der Waals surface area (Å²) < 4.78 is 22.7. The first-order valence-electron chi connectivity index (χ1n) is 11.9. The summed E-state index contributed by atoms with van der Waals surface area (Å²) in [5.41, 5.74) is 7.26. The number of halogens is 1. The Bertz CT molecular complexity index is 1540. The van der Waals surface area contributed by atoms with Crippen LogP contribution in [0.4, 0.5) is 10.2 Å². The lowest BCUT2D eigenvalue weighted by molar-refractivity contribution is -0.127. The number of amides is 1. The van der Waals surface area contributed by atoms with Gasteiger partial charge < -0.3 is 15.4 Å². The van der Waals surface area contributed by atoms with Crippen LogP contribution < -0.4 is 10.5 Å². The zero-order valence-corrected chi connectivity index (χ0v) is 20.1. The number of nitriles is 1. The fraction of sp³-hybridized carbons (Fsp3) is 0.222. The number of hydrogen-bond donors (Lipinski definition) is 1. The number of likely N-dealkylation sites (tertiary alicyclic amines) is 1. The molecule has 0 aliphatic carbocycles. The van der Waals surface area contributed by atoms with Crippen LogP contribution >= 0.6 is 0 Å². The Hall–Kier alpha value is -4.78. The summed E-state index contributed by atoms with van der Waals surface area (Å²) in [7, 11) is 0. The van der Waals surface area contributed by atoms with Crippen molar-refractivity contribution in [3.05, 3.63) is 72.3 Å². The van der Waals surface area contributed by atoms with Gasteiger partial charge in [0.1, 0.15) is 46.8 Å². The zero-order valence-electron chi connectivity index (χ0n) is 20.1. The maximum Gasteiger partial charge on any atom is 0.264 e. The number of fused-ring (bicyclic) bond motifs is 1. The van der Waals surface area contributed by atoms with Crippen molar-refractivity contribution in [1.82, 2.24) is 24.6 Å². The van der Waals surface area contributed by atoms with E-state index in [4.69, 9.17) is 10.5 Å². The SMILES string of the molecule is CC=C(C#N)C(=O)N1CCC[C@@H]1Cn1nc(-c2ccc(Oc3ccccc3)cc2F)c2c(N)ncnc21. The van der Waals surface area contributed by atoms with Crippen molar-refractivity contribution in [3.8, 4) is 28.8 Å². The molecular formula is C27H24FN7O2. The van der Waals surface area contributed by atoms with Gasteiger partial charge in [0.15, 0.2) is 5.65 Å². The molecule has 2 aromatic heterocycles. The molecule has 0 saturated carbocycles. The predicted molar refractivity (Wildman–Crippen MR) is 136 cm³/mol. The number of carbonyl (C=O) groups excluding carboxylic acids is 1. The zero-order chi connectivity index (χ0) is 25.9. The molecule has 1 aliphatic rings. The largest absolute Gasteiger partial charge is 0.457 e. The average Bonchev–Trinajstić information content (AvgIpc) is 3.51. The number of anilines is 1. The molecule has 2 N–H and O–H groups in total. The molecule has 10 heteroatoms. The van der Waals surface area contributed by atoms with Crippen LogP contribution in [0.3, 0.4) is 0 Å². The van der Waals surface area contributed by atoms with E-state index in [1.165, 1.54) is 18.5 Å². The summed E-state index contributed by atoms with van der Waals surface area (Å²) in [4.78, 5) is 23.0. The second kappa shape index (κ2) is 10.1. The van der Waals surface area contributed by atoms with Gasteiger partial charge in [-0.1, -0.05) is 24.3 Å². The molecule has 3 heterocycles. The molecule has 0 radical (unpaired) electrons. The minimum atomic E-state index is -0.535. The van der Waals surface area contributed by atoms with Gasteiger partial charge >= 0.3 is 0 Å². The topological polar surface area (TPSA) is 123 Å². The van der Waals surface area contributed by atoms with Gasteiger partial charge in [0, 0.05) is 18.2 Å². The van der Waals surface area contributed by atoms with Crippen LogP contribution in [-0.4, -0.2) is 43.1 Å². The molecule has 5 rings (SSSR count). The molecule has 1 atom stereocenters. The van der Waals surface area contributed by atoms with Gasteiger partial charge in [-0.2, -0.15) is 10.4 Å². The van der Waals surface area contributed by atoms with Gasteiger partial charge in [0.2, 0.25) is 0 Å². The molecule has 2 aromatic carbocycles. The van der Waals surface area contributed by atoms with E-state index >= 15 is 4.39 Å². The third-order valence-electron chi connectivity index (χ3n) is 6.39. The van der Waals surface area contributed by atoms with Gasteiger partial charge in [0.05, 0.1) is 18.0 Å². The number of hydrogen-bond acceptors (Lipinski definition) is 7. The van der Waals surface area contributed by atoms with Crippen molar-refractivity contribution in [3.63, 3.8) is 0 Å². The van der Waals surface area contributed by atoms with Crippen LogP contribution in [-0.2, 0) is 11.3 Å².